The van der Waals surface area contributed by atoms with Gasteiger partial charge in [0.05, 0.1) is 20.3 Å². The van der Waals surface area contributed by atoms with Crippen molar-refractivity contribution in [3.63, 3.8) is 0 Å². The Morgan fingerprint density at radius 1 is 1.32 bits per heavy atom. The fraction of sp³-hybridized carbons (Fsp3) is 0.650. The third-order valence-electron chi connectivity index (χ3n) is 5.00. The Balaban J connectivity index is 1.51. The summed E-state index contributed by atoms with van der Waals surface area (Å²) >= 11 is 0. The third kappa shape index (κ3) is 6.28. The summed E-state index contributed by atoms with van der Waals surface area (Å²) in [5.41, 5.74) is 1.07. The van der Waals surface area contributed by atoms with E-state index in [9.17, 15) is 4.79 Å². The van der Waals surface area contributed by atoms with Crippen LogP contribution in [-0.4, -0.2) is 61.3 Å². The fourth-order valence-electron chi connectivity index (χ4n) is 3.13. The Morgan fingerprint density at radius 3 is 2.79 bits per heavy atom. The molecular weight excluding hydrogens is 358 g/mol. The second-order valence-electron chi connectivity index (χ2n) is 7.33. The number of likely N-dealkylation sites (tertiary alicyclic amines) is 1. The van der Waals surface area contributed by atoms with Gasteiger partial charge in [-0.05, 0) is 50.2 Å². The first-order valence-corrected chi connectivity index (χ1v) is 10.1. The van der Waals surface area contributed by atoms with E-state index in [0.29, 0.717) is 31.4 Å². The SMILES string of the molecule is CCNC(=NCc1ccnc(OCC2CC2)c1)NC1CCN(C(=O)OC)CC1. The first-order valence-electron chi connectivity index (χ1n) is 10.1. The van der Waals surface area contributed by atoms with Gasteiger partial charge < -0.3 is 25.0 Å². The molecule has 0 radical (unpaired) electrons. The summed E-state index contributed by atoms with van der Waals surface area (Å²) in [6.45, 7) is 5.53. The number of methoxy groups -OCH3 is 1. The average Bonchev–Trinajstić information content (AvgIpc) is 3.55. The maximum atomic E-state index is 11.6. The molecule has 1 aliphatic heterocycles. The molecule has 8 nitrogen and oxygen atoms in total. The standard InChI is InChI=1S/C20H31N5O3/c1-3-21-19(24-17-7-10-25(11-8-17)20(26)27-2)23-13-16-6-9-22-18(12-16)28-14-15-4-5-15/h6,9,12,15,17H,3-5,7-8,10-11,13-14H2,1-2H3,(H2,21,23,24). The number of carbonyl (C=O) groups excluding carboxylic acids is 1. The molecule has 28 heavy (non-hydrogen) atoms. The van der Waals surface area contributed by atoms with Crippen LogP contribution < -0.4 is 15.4 Å². The lowest BCUT2D eigenvalue weighted by Gasteiger charge is -2.32. The molecular formula is C20H31N5O3. The van der Waals surface area contributed by atoms with E-state index in [0.717, 1.165) is 37.5 Å². The highest BCUT2D eigenvalue weighted by molar-refractivity contribution is 5.80. The number of rotatable bonds is 7. The van der Waals surface area contributed by atoms with E-state index in [1.54, 1.807) is 11.1 Å². The molecule has 154 valence electrons. The summed E-state index contributed by atoms with van der Waals surface area (Å²) in [7, 11) is 1.42. The molecule has 2 fully saturated rings. The van der Waals surface area contributed by atoms with Gasteiger partial charge in [-0.3, -0.25) is 0 Å². The predicted octanol–water partition coefficient (Wildman–Crippen LogP) is 2.16. The van der Waals surface area contributed by atoms with Gasteiger partial charge in [-0.15, -0.1) is 0 Å². The first kappa shape index (κ1) is 20.2. The summed E-state index contributed by atoms with van der Waals surface area (Å²) in [5, 5.41) is 6.78. The number of guanidine groups is 1. The molecule has 1 aromatic heterocycles. The molecule has 3 rings (SSSR count). The molecule has 8 heteroatoms. The van der Waals surface area contributed by atoms with Crippen LogP contribution in [-0.2, 0) is 11.3 Å². The number of carbonyl (C=O) groups is 1. The number of nitrogens with zero attached hydrogens (tertiary/aromatic N) is 3. The monoisotopic (exact) mass is 389 g/mol. The normalized spacial score (nSPS) is 17.9. The van der Waals surface area contributed by atoms with E-state index in [1.165, 1.54) is 20.0 Å². The van der Waals surface area contributed by atoms with Crippen LogP contribution in [0.15, 0.2) is 23.3 Å². The second-order valence-corrected chi connectivity index (χ2v) is 7.33. The summed E-state index contributed by atoms with van der Waals surface area (Å²) in [6.07, 6.45) is 5.79. The Morgan fingerprint density at radius 2 is 2.11 bits per heavy atom. The lowest BCUT2D eigenvalue weighted by atomic mass is 10.1. The van der Waals surface area contributed by atoms with Crippen molar-refractivity contribution < 1.29 is 14.3 Å². The number of ether oxygens (including phenoxy) is 2. The van der Waals surface area contributed by atoms with Gasteiger partial charge in [-0.1, -0.05) is 0 Å². The maximum absolute atomic E-state index is 11.6. The van der Waals surface area contributed by atoms with Crippen LogP contribution >= 0.6 is 0 Å². The zero-order valence-corrected chi connectivity index (χ0v) is 16.8. The van der Waals surface area contributed by atoms with Gasteiger partial charge >= 0.3 is 6.09 Å². The highest BCUT2D eigenvalue weighted by Gasteiger charge is 2.24. The van der Waals surface area contributed by atoms with E-state index in [4.69, 9.17) is 14.5 Å². The van der Waals surface area contributed by atoms with E-state index >= 15 is 0 Å². The predicted molar refractivity (Wildman–Crippen MR) is 107 cm³/mol. The van der Waals surface area contributed by atoms with Gasteiger partial charge in [0.25, 0.3) is 0 Å². The minimum Gasteiger partial charge on any atom is -0.477 e. The average molecular weight is 390 g/mol. The van der Waals surface area contributed by atoms with Gasteiger partial charge in [-0.25, -0.2) is 14.8 Å². The van der Waals surface area contributed by atoms with Crippen LogP contribution in [0.2, 0.25) is 0 Å². The number of nitrogens with one attached hydrogen (secondary N) is 2. The molecule has 1 aliphatic carbocycles. The smallest absolute Gasteiger partial charge is 0.409 e. The number of amides is 1. The number of aromatic nitrogens is 1. The van der Waals surface area contributed by atoms with Crippen LogP contribution in [0.1, 0.15) is 38.2 Å². The molecule has 1 saturated carbocycles. The Bertz CT molecular complexity index is 670. The first-order chi connectivity index (χ1) is 13.7. The van der Waals surface area contributed by atoms with Crippen molar-refractivity contribution in [2.75, 3.05) is 33.4 Å². The van der Waals surface area contributed by atoms with Gasteiger partial charge in [0.2, 0.25) is 5.88 Å². The lowest BCUT2D eigenvalue weighted by molar-refractivity contribution is 0.111. The van der Waals surface area contributed by atoms with Crippen molar-refractivity contribution >= 4 is 12.1 Å². The molecule has 0 bridgehead atoms. The second kappa shape index (κ2) is 10.1. The largest absolute Gasteiger partial charge is 0.477 e. The van der Waals surface area contributed by atoms with E-state index in [1.807, 2.05) is 19.1 Å². The quantitative estimate of drug-likeness (QED) is 0.549. The van der Waals surface area contributed by atoms with Gasteiger partial charge in [-0.2, -0.15) is 0 Å². The molecule has 0 aromatic carbocycles. The Kier molecular flexibility index (Phi) is 7.33. The summed E-state index contributed by atoms with van der Waals surface area (Å²) in [5.74, 6) is 2.17. The van der Waals surface area contributed by atoms with Gasteiger partial charge in [0, 0.05) is 37.9 Å². The molecule has 0 spiro atoms. The Hall–Kier alpha value is -2.51. The number of aliphatic imine (C=N–C) groups is 1. The van der Waals surface area contributed by atoms with Crippen LogP contribution in [0.3, 0.4) is 0 Å². The van der Waals surface area contributed by atoms with Crippen LogP contribution in [0.25, 0.3) is 0 Å². The minimum absolute atomic E-state index is 0.253. The molecule has 2 heterocycles. The summed E-state index contributed by atoms with van der Waals surface area (Å²) in [6, 6.07) is 4.21. The molecule has 1 amide bonds. The van der Waals surface area contributed by atoms with Crippen molar-refractivity contribution in [2.45, 2.75) is 45.2 Å². The molecule has 1 saturated heterocycles. The third-order valence-corrected chi connectivity index (χ3v) is 5.00. The van der Waals surface area contributed by atoms with Crippen molar-refractivity contribution in [1.82, 2.24) is 20.5 Å². The van der Waals surface area contributed by atoms with Crippen LogP contribution in [0.5, 0.6) is 5.88 Å². The summed E-state index contributed by atoms with van der Waals surface area (Å²) < 4.78 is 10.5. The highest BCUT2D eigenvalue weighted by atomic mass is 16.5. The maximum Gasteiger partial charge on any atom is 0.409 e. The number of hydrogen-bond donors (Lipinski definition) is 2. The van der Waals surface area contributed by atoms with Crippen molar-refractivity contribution in [3.8, 4) is 5.88 Å². The zero-order valence-electron chi connectivity index (χ0n) is 16.8. The van der Waals surface area contributed by atoms with Crippen molar-refractivity contribution in [3.05, 3.63) is 23.9 Å². The molecule has 0 atom stereocenters. The zero-order chi connectivity index (χ0) is 19.8. The topological polar surface area (TPSA) is 88.1 Å². The highest BCUT2D eigenvalue weighted by Crippen LogP contribution is 2.29. The number of piperidine rings is 1. The van der Waals surface area contributed by atoms with Crippen LogP contribution in [0, 0.1) is 5.92 Å². The van der Waals surface area contributed by atoms with Crippen LogP contribution in [0.4, 0.5) is 4.79 Å². The number of pyridine rings is 1. The van der Waals surface area contributed by atoms with E-state index in [-0.39, 0.29) is 12.1 Å². The van der Waals surface area contributed by atoms with E-state index < -0.39 is 0 Å². The lowest BCUT2D eigenvalue weighted by Crippen LogP contribution is -2.49. The Labute approximate surface area is 166 Å². The molecule has 2 aliphatic rings. The fourth-order valence-corrected chi connectivity index (χ4v) is 3.13. The van der Waals surface area contributed by atoms with E-state index in [2.05, 4.69) is 15.6 Å². The molecule has 0 unspecified atom stereocenters. The van der Waals surface area contributed by atoms with Gasteiger partial charge in [0.15, 0.2) is 5.96 Å². The van der Waals surface area contributed by atoms with Gasteiger partial charge in [0.1, 0.15) is 0 Å². The minimum atomic E-state index is -0.253. The molecule has 1 aromatic rings. The van der Waals surface area contributed by atoms with Crippen molar-refractivity contribution in [2.24, 2.45) is 10.9 Å². The van der Waals surface area contributed by atoms with Crippen molar-refractivity contribution in [1.29, 1.82) is 0 Å². The molecule has 2 N–H and O–H groups in total. The summed E-state index contributed by atoms with van der Waals surface area (Å²) in [4.78, 5) is 22.3. The number of hydrogen-bond acceptors (Lipinski definition) is 5.